The van der Waals surface area contributed by atoms with Gasteiger partial charge in [-0.15, -0.1) is 12.4 Å². The number of halogens is 1. The van der Waals surface area contributed by atoms with Gasteiger partial charge in [0.2, 0.25) is 21.8 Å². The van der Waals surface area contributed by atoms with E-state index >= 15 is 0 Å². The molecule has 0 saturated carbocycles. The molecule has 0 spiro atoms. The van der Waals surface area contributed by atoms with E-state index in [1.807, 2.05) is 0 Å². The first kappa shape index (κ1) is 19.4. The molecule has 23 heavy (non-hydrogen) atoms. The molecule has 0 aliphatic carbocycles. The van der Waals surface area contributed by atoms with Crippen LogP contribution in [0.2, 0.25) is 0 Å². The van der Waals surface area contributed by atoms with Crippen molar-refractivity contribution in [1.82, 2.24) is 9.62 Å². The van der Waals surface area contributed by atoms with Crippen molar-refractivity contribution in [3.05, 3.63) is 24.3 Å². The van der Waals surface area contributed by atoms with Crippen molar-refractivity contribution in [2.24, 2.45) is 5.73 Å². The normalized spacial score (nSPS) is 16.9. The lowest BCUT2D eigenvalue weighted by molar-refractivity contribution is -0.122. The summed E-state index contributed by atoms with van der Waals surface area (Å²) >= 11 is 0. The first-order valence-corrected chi connectivity index (χ1v) is 8.18. The lowest BCUT2D eigenvalue weighted by atomic mass is 10.3. The van der Waals surface area contributed by atoms with Crippen molar-refractivity contribution in [3.8, 4) is 0 Å². The van der Waals surface area contributed by atoms with Gasteiger partial charge in [0.25, 0.3) is 0 Å². The van der Waals surface area contributed by atoms with Crippen molar-refractivity contribution in [2.75, 3.05) is 25.0 Å². The van der Waals surface area contributed by atoms with E-state index < -0.39 is 22.0 Å². The Morgan fingerprint density at radius 3 is 2.74 bits per heavy atom. The quantitative estimate of drug-likeness (QED) is 0.667. The summed E-state index contributed by atoms with van der Waals surface area (Å²) in [6.45, 7) is 1.81. The van der Waals surface area contributed by atoms with Gasteiger partial charge in [-0.2, -0.15) is 4.31 Å². The minimum absolute atomic E-state index is 0. The SMILES string of the molecule is C[C@H](N)C(=O)Nc1cccc(S(=O)(=O)N2CCNC(=O)C2)c1.Cl. The van der Waals surface area contributed by atoms with Crippen LogP contribution in [0.4, 0.5) is 5.69 Å². The number of carbonyl (C=O) groups excluding carboxylic acids is 2. The molecule has 1 fully saturated rings. The molecule has 10 heteroatoms. The van der Waals surface area contributed by atoms with Gasteiger partial charge >= 0.3 is 0 Å². The third kappa shape index (κ3) is 4.64. The second-order valence-electron chi connectivity index (χ2n) is 4.99. The number of anilines is 1. The van der Waals surface area contributed by atoms with E-state index in [4.69, 9.17) is 5.73 Å². The van der Waals surface area contributed by atoms with Crippen LogP contribution >= 0.6 is 12.4 Å². The molecule has 1 saturated heterocycles. The lowest BCUT2D eigenvalue weighted by Crippen LogP contribution is -2.49. The van der Waals surface area contributed by atoms with Crippen LogP contribution < -0.4 is 16.4 Å². The molecule has 1 aromatic rings. The summed E-state index contributed by atoms with van der Waals surface area (Å²) in [7, 11) is -3.78. The van der Waals surface area contributed by atoms with Gasteiger partial charge in [-0.3, -0.25) is 9.59 Å². The van der Waals surface area contributed by atoms with Gasteiger partial charge in [0.1, 0.15) is 0 Å². The molecule has 2 amide bonds. The van der Waals surface area contributed by atoms with E-state index in [2.05, 4.69) is 10.6 Å². The van der Waals surface area contributed by atoms with Crippen molar-refractivity contribution in [3.63, 3.8) is 0 Å². The molecule has 1 aliphatic rings. The maximum absolute atomic E-state index is 12.5. The van der Waals surface area contributed by atoms with E-state index in [1.54, 1.807) is 6.07 Å². The number of sulfonamides is 1. The van der Waals surface area contributed by atoms with Crippen LogP contribution in [0.3, 0.4) is 0 Å². The van der Waals surface area contributed by atoms with Gasteiger partial charge in [0.05, 0.1) is 17.5 Å². The number of piperazine rings is 1. The first-order valence-electron chi connectivity index (χ1n) is 6.74. The smallest absolute Gasteiger partial charge is 0.243 e. The monoisotopic (exact) mass is 362 g/mol. The zero-order chi connectivity index (χ0) is 16.3. The Labute approximate surface area is 140 Å². The van der Waals surface area contributed by atoms with E-state index in [9.17, 15) is 18.0 Å². The minimum atomic E-state index is -3.78. The van der Waals surface area contributed by atoms with Crippen LogP contribution in [0.25, 0.3) is 0 Å². The Balaban J connectivity index is 0.00000264. The van der Waals surface area contributed by atoms with Gasteiger partial charge in [0, 0.05) is 18.8 Å². The fourth-order valence-electron chi connectivity index (χ4n) is 1.96. The number of nitrogens with one attached hydrogen (secondary N) is 2. The Morgan fingerprint density at radius 1 is 1.43 bits per heavy atom. The fourth-order valence-corrected chi connectivity index (χ4v) is 3.40. The highest BCUT2D eigenvalue weighted by molar-refractivity contribution is 7.89. The number of carbonyl (C=O) groups is 2. The predicted octanol–water partition coefficient (Wildman–Crippen LogP) is -0.485. The molecule has 0 radical (unpaired) electrons. The highest BCUT2D eigenvalue weighted by Crippen LogP contribution is 2.20. The van der Waals surface area contributed by atoms with E-state index in [0.717, 1.165) is 4.31 Å². The summed E-state index contributed by atoms with van der Waals surface area (Å²) in [6, 6.07) is 5.16. The molecule has 0 unspecified atom stereocenters. The number of benzene rings is 1. The molecule has 0 bridgehead atoms. The molecular weight excluding hydrogens is 344 g/mol. The second kappa shape index (κ2) is 7.73. The zero-order valence-corrected chi connectivity index (χ0v) is 14.1. The van der Waals surface area contributed by atoms with Crippen LogP contribution in [-0.4, -0.2) is 50.2 Å². The molecular formula is C13H19ClN4O4S. The van der Waals surface area contributed by atoms with E-state index in [-0.39, 0.29) is 42.8 Å². The predicted molar refractivity (Wildman–Crippen MR) is 87.7 cm³/mol. The molecule has 1 aliphatic heterocycles. The zero-order valence-electron chi connectivity index (χ0n) is 12.5. The summed E-state index contributed by atoms with van der Waals surface area (Å²) < 4.78 is 26.1. The topological polar surface area (TPSA) is 122 Å². The molecule has 1 aromatic carbocycles. The Kier molecular flexibility index (Phi) is 6.51. The third-order valence-corrected chi connectivity index (χ3v) is 5.00. The largest absolute Gasteiger partial charge is 0.354 e. The minimum Gasteiger partial charge on any atom is -0.354 e. The summed E-state index contributed by atoms with van der Waals surface area (Å²) in [4.78, 5) is 22.9. The Hall–Kier alpha value is -1.68. The molecule has 8 nitrogen and oxygen atoms in total. The second-order valence-corrected chi connectivity index (χ2v) is 6.93. The van der Waals surface area contributed by atoms with Crippen LogP contribution in [0.5, 0.6) is 0 Å². The standard InChI is InChI=1S/C13H18N4O4S.ClH/c1-9(14)13(19)16-10-3-2-4-11(7-10)22(20,21)17-6-5-15-12(18)8-17;/h2-4,7,9H,5-6,8,14H2,1H3,(H,15,18)(H,16,19);1H/t9-;/m0./s1. The number of hydrogen-bond donors (Lipinski definition) is 3. The Morgan fingerprint density at radius 2 is 2.13 bits per heavy atom. The van der Waals surface area contributed by atoms with Crippen LogP contribution in [0.15, 0.2) is 29.2 Å². The number of rotatable bonds is 4. The third-order valence-electron chi connectivity index (χ3n) is 3.16. The van der Waals surface area contributed by atoms with E-state index in [0.29, 0.717) is 5.69 Å². The maximum Gasteiger partial charge on any atom is 0.243 e. The van der Waals surface area contributed by atoms with Gasteiger partial charge < -0.3 is 16.4 Å². The maximum atomic E-state index is 12.5. The van der Waals surface area contributed by atoms with Crippen LogP contribution in [0, 0.1) is 0 Å². The molecule has 1 heterocycles. The fraction of sp³-hybridized carbons (Fsp3) is 0.385. The summed E-state index contributed by atoms with van der Waals surface area (Å²) in [5.41, 5.74) is 5.79. The highest BCUT2D eigenvalue weighted by atomic mass is 35.5. The number of amides is 2. The van der Waals surface area contributed by atoms with Crippen molar-refractivity contribution < 1.29 is 18.0 Å². The number of nitrogens with zero attached hydrogens (tertiary/aromatic N) is 1. The lowest BCUT2D eigenvalue weighted by Gasteiger charge is -2.26. The molecule has 128 valence electrons. The van der Waals surface area contributed by atoms with Crippen LogP contribution in [-0.2, 0) is 19.6 Å². The summed E-state index contributed by atoms with van der Waals surface area (Å²) in [5, 5.41) is 5.11. The van der Waals surface area contributed by atoms with Crippen molar-refractivity contribution in [2.45, 2.75) is 17.9 Å². The molecule has 1 atom stereocenters. The highest BCUT2D eigenvalue weighted by Gasteiger charge is 2.29. The van der Waals surface area contributed by atoms with Crippen molar-refractivity contribution >= 4 is 39.9 Å². The van der Waals surface area contributed by atoms with Gasteiger partial charge in [0.15, 0.2) is 0 Å². The molecule has 0 aromatic heterocycles. The summed E-state index contributed by atoms with van der Waals surface area (Å²) in [5.74, 6) is -0.747. The van der Waals surface area contributed by atoms with Gasteiger partial charge in [-0.25, -0.2) is 8.42 Å². The molecule has 4 N–H and O–H groups in total. The average molecular weight is 363 g/mol. The number of hydrogen-bond acceptors (Lipinski definition) is 5. The van der Waals surface area contributed by atoms with Gasteiger partial charge in [-0.05, 0) is 25.1 Å². The first-order chi connectivity index (χ1) is 10.3. The average Bonchev–Trinajstić information content (AvgIpc) is 2.47. The van der Waals surface area contributed by atoms with E-state index in [1.165, 1.54) is 25.1 Å². The summed E-state index contributed by atoms with van der Waals surface area (Å²) in [6.07, 6.45) is 0. The van der Waals surface area contributed by atoms with Crippen molar-refractivity contribution in [1.29, 1.82) is 0 Å². The Bertz CT molecular complexity index is 693. The van der Waals surface area contributed by atoms with Crippen LogP contribution in [0.1, 0.15) is 6.92 Å². The van der Waals surface area contributed by atoms with Gasteiger partial charge in [-0.1, -0.05) is 6.07 Å². The number of nitrogens with two attached hydrogens (primary N) is 1. The molecule has 2 rings (SSSR count).